The first-order chi connectivity index (χ1) is 10.7. The van der Waals surface area contributed by atoms with E-state index in [9.17, 15) is 5.11 Å². The van der Waals surface area contributed by atoms with Gasteiger partial charge in [-0.05, 0) is 35.7 Å². The Bertz CT molecular complexity index is 644. The summed E-state index contributed by atoms with van der Waals surface area (Å²) in [6.45, 7) is 3.11. The zero-order valence-electron chi connectivity index (χ0n) is 12.7. The lowest BCUT2D eigenvalue weighted by Crippen LogP contribution is -2.34. The zero-order valence-corrected chi connectivity index (χ0v) is 14.3. The summed E-state index contributed by atoms with van der Waals surface area (Å²) in [5.74, 6) is 2.05. The Labute approximate surface area is 138 Å². The molecular weight excluding hydrogens is 346 g/mol. The van der Waals surface area contributed by atoms with E-state index in [1.165, 1.54) is 12.8 Å². The SMILES string of the molecule is CCNc1cc(N[C@H]2CCCC[C@H]2CO)nc2c(Br)cnn12. The Kier molecular flexibility index (Phi) is 4.83. The summed E-state index contributed by atoms with van der Waals surface area (Å²) < 4.78 is 2.67. The third kappa shape index (κ3) is 3.05. The summed E-state index contributed by atoms with van der Waals surface area (Å²) in [7, 11) is 0. The zero-order chi connectivity index (χ0) is 15.5. The smallest absolute Gasteiger partial charge is 0.173 e. The van der Waals surface area contributed by atoms with E-state index in [1.807, 2.05) is 6.07 Å². The van der Waals surface area contributed by atoms with Crippen molar-refractivity contribution in [3.63, 3.8) is 0 Å². The molecule has 1 aliphatic rings. The molecule has 0 aliphatic heterocycles. The standard InChI is InChI=1S/C15H22BrN5O/c1-2-17-14-7-13(20-15-11(16)8-18-21(14)15)19-12-6-4-3-5-10(12)9-22/h7-8,10,12,17,22H,2-6,9H2,1H3,(H,19,20)/t10-,12-/m0/s1. The number of hydrogen-bond donors (Lipinski definition) is 3. The van der Waals surface area contributed by atoms with Gasteiger partial charge in [-0.15, -0.1) is 0 Å². The number of anilines is 2. The van der Waals surface area contributed by atoms with E-state index >= 15 is 0 Å². The molecule has 6 nitrogen and oxygen atoms in total. The summed E-state index contributed by atoms with van der Waals surface area (Å²) in [6.07, 6.45) is 6.31. The molecule has 1 aliphatic carbocycles. The number of nitrogens with zero attached hydrogens (tertiary/aromatic N) is 3. The lowest BCUT2D eigenvalue weighted by Gasteiger charge is -2.31. The molecule has 0 amide bonds. The summed E-state index contributed by atoms with van der Waals surface area (Å²) in [5.41, 5.74) is 0.789. The van der Waals surface area contributed by atoms with Crippen LogP contribution in [0.2, 0.25) is 0 Å². The fourth-order valence-corrected chi connectivity index (χ4v) is 3.47. The van der Waals surface area contributed by atoms with Gasteiger partial charge in [0.05, 0.1) is 10.7 Å². The van der Waals surface area contributed by atoms with Crippen LogP contribution in [0.4, 0.5) is 11.6 Å². The molecule has 2 aromatic heterocycles. The molecule has 0 aromatic carbocycles. The molecular formula is C15H22BrN5O. The van der Waals surface area contributed by atoms with Crippen LogP contribution in [-0.4, -0.2) is 38.9 Å². The highest BCUT2D eigenvalue weighted by molar-refractivity contribution is 9.10. The van der Waals surface area contributed by atoms with Crippen LogP contribution >= 0.6 is 15.9 Å². The number of halogens is 1. The highest BCUT2D eigenvalue weighted by Crippen LogP contribution is 2.28. The van der Waals surface area contributed by atoms with Gasteiger partial charge in [-0.2, -0.15) is 9.61 Å². The lowest BCUT2D eigenvalue weighted by atomic mass is 9.85. The molecule has 2 aromatic rings. The lowest BCUT2D eigenvalue weighted by molar-refractivity contribution is 0.178. The van der Waals surface area contributed by atoms with Gasteiger partial charge in [0.15, 0.2) is 5.65 Å². The normalized spacial score (nSPS) is 22.0. The Hall–Kier alpha value is -1.34. The molecule has 1 saturated carbocycles. The van der Waals surface area contributed by atoms with E-state index in [0.29, 0.717) is 5.92 Å². The van der Waals surface area contributed by atoms with Crippen molar-refractivity contribution in [2.24, 2.45) is 5.92 Å². The van der Waals surface area contributed by atoms with Crippen LogP contribution in [0.3, 0.4) is 0 Å². The summed E-state index contributed by atoms with van der Waals surface area (Å²) in [5, 5.41) is 20.7. The van der Waals surface area contributed by atoms with Crippen molar-refractivity contribution in [2.75, 3.05) is 23.8 Å². The van der Waals surface area contributed by atoms with Gasteiger partial charge in [0.25, 0.3) is 0 Å². The molecule has 0 bridgehead atoms. The minimum Gasteiger partial charge on any atom is -0.396 e. The van der Waals surface area contributed by atoms with Gasteiger partial charge in [-0.3, -0.25) is 0 Å². The van der Waals surface area contributed by atoms with Gasteiger partial charge in [0.2, 0.25) is 0 Å². The molecule has 0 radical (unpaired) electrons. The van der Waals surface area contributed by atoms with Crippen LogP contribution in [0.25, 0.3) is 5.65 Å². The Morgan fingerprint density at radius 3 is 3.00 bits per heavy atom. The van der Waals surface area contributed by atoms with Crippen LogP contribution in [-0.2, 0) is 0 Å². The van der Waals surface area contributed by atoms with Crippen LogP contribution < -0.4 is 10.6 Å². The van der Waals surface area contributed by atoms with Crippen molar-refractivity contribution < 1.29 is 5.11 Å². The van der Waals surface area contributed by atoms with E-state index in [0.717, 1.165) is 41.1 Å². The van der Waals surface area contributed by atoms with E-state index in [1.54, 1.807) is 10.7 Å². The largest absolute Gasteiger partial charge is 0.396 e. The molecule has 3 N–H and O–H groups in total. The molecule has 120 valence electrons. The van der Waals surface area contributed by atoms with Gasteiger partial charge in [0, 0.05) is 31.2 Å². The molecule has 7 heteroatoms. The second kappa shape index (κ2) is 6.83. The highest BCUT2D eigenvalue weighted by atomic mass is 79.9. The first-order valence-corrected chi connectivity index (χ1v) is 8.67. The van der Waals surface area contributed by atoms with Gasteiger partial charge < -0.3 is 15.7 Å². The van der Waals surface area contributed by atoms with Gasteiger partial charge in [-0.1, -0.05) is 12.8 Å². The van der Waals surface area contributed by atoms with Crippen molar-refractivity contribution >= 4 is 33.2 Å². The topological polar surface area (TPSA) is 74.5 Å². The quantitative estimate of drug-likeness (QED) is 0.757. The highest BCUT2D eigenvalue weighted by Gasteiger charge is 2.25. The maximum atomic E-state index is 9.57. The van der Waals surface area contributed by atoms with E-state index < -0.39 is 0 Å². The number of rotatable bonds is 5. The van der Waals surface area contributed by atoms with E-state index in [-0.39, 0.29) is 12.6 Å². The summed E-state index contributed by atoms with van der Waals surface area (Å²) in [4.78, 5) is 4.66. The summed E-state index contributed by atoms with van der Waals surface area (Å²) in [6, 6.07) is 2.27. The fourth-order valence-electron chi connectivity index (χ4n) is 3.12. The Balaban J connectivity index is 1.91. The van der Waals surface area contributed by atoms with Crippen molar-refractivity contribution in [1.29, 1.82) is 0 Å². The molecule has 1 fully saturated rings. The number of fused-ring (bicyclic) bond motifs is 1. The second-order valence-electron chi connectivity index (χ2n) is 5.76. The van der Waals surface area contributed by atoms with Crippen LogP contribution in [0.1, 0.15) is 32.6 Å². The predicted octanol–water partition coefficient (Wildman–Crippen LogP) is 2.89. The average Bonchev–Trinajstić information content (AvgIpc) is 2.90. The molecule has 0 saturated heterocycles. The van der Waals surface area contributed by atoms with Crippen LogP contribution in [0.5, 0.6) is 0 Å². The first kappa shape index (κ1) is 15.6. The monoisotopic (exact) mass is 367 g/mol. The average molecular weight is 368 g/mol. The Morgan fingerprint density at radius 1 is 1.41 bits per heavy atom. The third-order valence-corrected chi connectivity index (χ3v) is 4.82. The molecule has 3 rings (SSSR count). The van der Waals surface area contributed by atoms with Gasteiger partial charge >= 0.3 is 0 Å². The fraction of sp³-hybridized carbons (Fsp3) is 0.600. The maximum Gasteiger partial charge on any atom is 0.173 e. The van der Waals surface area contributed by atoms with Crippen LogP contribution in [0, 0.1) is 5.92 Å². The van der Waals surface area contributed by atoms with Crippen LogP contribution in [0.15, 0.2) is 16.7 Å². The number of aromatic nitrogens is 3. The minimum absolute atomic E-state index is 0.232. The first-order valence-electron chi connectivity index (χ1n) is 7.88. The van der Waals surface area contributed by atoms with Gasteiger partial charge in [-0.25, -0.2) is 4.98 Å². The molecule has 22 heavy (non-hydrogen) atoms. The number of aliphatic hydroxyl groups excluding tert-OH is 1. The number of aliphatic hydroxyl groups is 1. The van der Waals surface area contributed by atoms with Crippen molar-refractivity contribution in [2.45, 2.75) is 38.6 Å². The molecule has 2 atom stereocenters. The Morgan fingerprint density at radius 2 is 2.23 bits per heavy atom. The molecule has 0 unspecified atom stereocenters. The van der Waals surface area contributed by atoms with E-state index in [4.69, 9.17) is 0 Å². The van der Waals surface area contributed by atoms with Crippen molar-refractivity contribution in [1.82, 2.24) is 14.6 Å². The van der Waals surface area contributed by atoms with Crippen molar-refractivity contribution in [3.05, 3.63) is 16.7 Å². The minimum atomic E-state index is 0.232. The number of nitrogens with one attached hydrogen (secondary N) is 2. The predicted molar refractivity (Wildman–Crippen MR) is 91.3 cm³/mol. The maximum absolute atomic E-state index is 9.57. The van der Waals surface area contributed by atoms with E-state index in [2.05, 4.69) is 43.6 Å². The molecule has 2 heterocycles. The second-order valence-corrected chi connectivity index (χ2v) is 6.62. The number of hydrogen-bond acceptors (Lipinski definition) is 5. The third-order valence-electron chi connectivity index (χ3n) is 4.26. The van der Waals surface area contributed by atoms with Gasteiger partial charge in [0.1, 0.15) is 11.6 Å². The summed E-state index contributed by atoms with van der Waals surface area (Å²) >= 11 is 3.50. The van der Waals surface area contributed by atoms with Crippen molar-refractivity contribution in [3.8, 4) is 0 Å². The molecule has 0 spiro atoms.